The minimum absolute atomic E-state index is 0.0710. The predicted molar refractivity (Wildman–Crippen MR) is 74.5 cm³/mol. The maximum atomic E-state index is 13.5. The minimum atomic E-state index is -3.20. The first-order valence-corrected chi connectivity index (χ1v) is 8.45. The van der Waals surface area contributed by atoms with Crippen molar-refractivity contribution in [1.29, 1.82) is 0 Å². The zero-order valence-corrected chi connectivity index (χ0v) is 12.5. The fraction of sp³-hybridized carbons (Fsp3) is 0.500. The molecule has 1 heterocycles. The van der Waals surface area contributed by atoms with Crippen molar-refractivity contribution in [2.45, 2.75) is 25.0 Å². The van der Waals surface area contributed by atoms with Gasteiger partial charge in [0, 0.05) is 18.7 Å². The monoisotopic (exact) mass is 317 g/mol. The van der Waals surface area contributed by atoms with E-state index in [1.54, 1.807) is 6.92 Å². The SMILES string of the molecule is C[C@@H]1CCN(C(=O)Cc2c(F)cccc2F)CCS1(=O)=O. The van der Waals surface area contributed by atoms with Crippen molar-refractivity contribution in [3.63, 3.8) is 0 Å². The molecule has 1 saturated heterocycles. The zero-order valence-electron chi connectivity index (χ0n) is 11.7. The third-order valence-corrected chi connectivity index (χ3v) is 6.02. The van der Waals surface area contributed by atoms with E-state index in [4.69, 9.17) is 0 Å². The molecule has 0 radical (unpaired) electrons. The molecule has 1 fully saturated rings. The number of halogens is 2. The second-order valence-electron chi connectivity index (χ2n) is 5.22. The highest BCUT2D eigenvalue weighted by molar-refractivity contribution is 7.92. The van der Waals surface area contributed by atoms with Gasteiger partial charge in [-0.2, -0.15) is 0 Å². The highest BCUT2D eigenvalue weighted by atomic mass is 32.2. The summed E-state index contributed by atoms with van der Waals surface area (Å²) in [6.07, 6.45) is -0.0548. The van der Waals surface area contributed by atoms with E-state index in [9.17, 15) is 22.0 Å². The molecule has 0 aliphatic carbocycles. The van der Waals surface area contributed by atoms with Gasteiger partial charge >= 0.3 is 0 Å². The number of benzene rings is 1. The minimum Gasteiger partial charge on any atom is -0.341 e. The first-order chi connectivity index (χ1) is 9.81. The van der Waals surface area contributed by atoms with E-state index in [2.05, 4.69) is 0 Å². The van der Waals surface area contributed by atoms with Crippen molar-refractivity contribution in [2.75, 3.05) is 18.8 Å². The fourth-order valence-electron chi connectivity index (χ4n) is 2.28. The second-order valence-corrected chi connectivity index (χ2v) is 7.76. The molecular weight excluding hydrogens is 300 g/mol. The molecule has 1 amide bonds. The maximum Gasteiger partial charge on any atom is 0.227 e. The number of nitrogens with zero attached hydrogens (tertiary/aromatic N) is 1. The smallest absolute Gasteiger partial charge is 0.227 e. The molecule has 1 aromatic rings. The second kappa shape index (κ2) is 6.09. The lowest BCUT2D eigenvalue weighted by Crippen LogP contribution is -2.35. The average Bonchev–Trinajstić information content (AvgIpc) is 2.54. The Bertz CT molecular complexity index is 625. The quantitative estimate of drug-likeness (QED) is 0.831. The molecule has 1 aliphatic rings. The van der Waals surface area contributed by atoms with Gasteiger partial charge in [-0.15, -0.1) is 0 Å². The first kappa shape index (κ1) is 15.9. The van der Waals surface area contributed by atoms with Gasteiger partial charge < -0.3 is 4.90 Å². The van der Waals surface area contributed by atoms with Gasteiger partial charge in [0.1, 0.15) is 11.6 Å². The molecule has 1 aromatic carbocycles. The third kappa shape index (κ3) is 3.58. The largest absolute Gasteiger partial charge is 0.341 e. The Kier molecular flexibility index (Phi) is 4.61. The van der Waals surface area contributed by atoms with E-state index in [0.717, 1.165) is 12.1 Å². The van der Waals surface area contributed by atoms with Crippen LogP contribution in [-0.4, -0.2) is 43.3 Å². The van der Waals surface area contributed by atoms with E-state index < -0.39 is 39.0 Å². The van der Waals surface area contributed by atoms with Crippen molar-refractivity contribution < 1.29 is 22.0 Å². The van der Waals surface area contributed by atoms with Crippen LogP contribution in [0.15, 0.2) is 18.2 Å². The van der Waals surface area contributed by atoms with Crippen LogP contribution < -0.4 is 0 Å². The van der Waals surface area contributed by atoms with E-state index in [-0.39, 0.29) is 24.4 Å². The van der Waals surface area contributed by atoms with Gasteiger partial charge in [-0.05, 0) is 25.5 Å². The summed E-state index contributed by atoms with van der Waals surface area (Å²) in [5.74, 6) is -2.10. The molecule has 21 heavy (non-hydrogen) atoms. The third-order valence-electron chi connectivity index (χ3n) is 3.81. The van der Waals surface area contributed by atoms with Crippen molar-refractivity contribution in [3.8, 4) is 0 Å². The number of amides is 1. The van der Waals surface area contributed by atoms with Gasteiger partial charge in [-0.3, -0.25) is 4.79 Å². The molecule has 0 saturated carbocycles. The van der Waals surface area contributed by atoms with E-state index in [0.29, 0.717) is 6.42 Å². The van der Waals surface area contributed by atoms with Crippen molar-refractivity contribution in [1.82, 2.24) is 4.90 Å². The molecule has 0 bridgehead atoms. The van der Waals surface area contributed by atoms with Gasteiger partial charge in [-0.25, -0.2) is 17.2 Å². The van der Waals surface area contributed by atoms with E-state index in [1.165, 1.54) is 11.0 Å². The highest BCUT2D eigenvalue weighted by Crippen LogP contribution is 2.17. The van der Waals surface area contributed by atoms with Gasteiger partial charge in [0.25, 0.3) is 0 Å². The summed E-state index contributed by atoms with van der Waals surface area (Å²) in [7, 11) is -3.20. The van der Waals surface area contributed by atoms with Crippen molar-refractivity contribution >= 4 is 15.7 Å². The summed E-state index contributed by atoms with van der Waals surface area (Å²) in [6.45, 7) is 1.97. The van der Waals surface area contributed by atoms with Crippen LogP contribution in [0, 0.1) is 11.6 Å². The summed E-state index contributed by atoms with van der Waals surface area (Å²) in [5.41, 5.74) is -0.275. The lowest BCUT2D eigenvalue weighted by Gasteiger charge is -2.20. The number of hydrogen-bond donors (Lipinski definition) is 0. The molecule has 116 valence electrons. The summed E-state index contributed by atoms with van der Waals surface area (Å²) < 4.78 is 50.6. The predicted octanol–water partition coefficient (Wildman–Crippen LogP) is 1.54. The summed E-state index contributed by atoms with van der Waals surface area (Å²) in [4.78, 5) is 13.5. The normalized spacial score (nSPS) is 21.9. The lowest BCUT2D eigenvalue weighted by molar-refractivity contribution is -0.130. The molecule has 0 aromatic heterocycles. The maximum absolute atomic E-state index is 13.5. The molecule has 4 nitrogen and oxygen atoms in total. The first-order valence-electron chi connectivity index (χ1n) is 6.73. The van der Waals surface area contributed by atoms with Gasteiger partial charge in [0.15, 0.2) is 9.84 Å². The Morgan fingerprint density at radius 3 is 2.52 bits per heavy atom. The van der Waals surface area contributed by atoms with Crippen LogP contribution in [0.4, 0.5) is 8.78 Å². The molecule has 0 spiro atoms. The van der Waals surface area contributed by atoms with E-state index in [1.807, 2.05) is 0 Å². The topological polar surface area (TPSA) is 54.5 Å². The highest BCUT2D eigenvalue weighted by Gasteiger charge is 2.28. The molecular formula is C14H17F2NO3S. The van der Waals surface area contributed by atoms with Crippen LogP contribution in [0.5, 0.6) is 0 Å². The molecule has 1 aliphatic heterocycles. The number of carbonyl (C=O) groups excluding carboxylic acids is 1. The lowest BCUT2D eigenvalue weighted by atomic mass is 10.1. The Labute approximate surface area is 122 Å². The summed E-state index contributed by atoms with van der Waals surface area (Å²) in [5, 5.41) is -0.500. The van der Waals surface area contributed by atoms with Gasteiger partial charge in [-0.1, -0.05) is 6.07 Å². The molecule has 1 atom stereocenters. The van der Waals surface area contributed by atoms with Crippen LogP contribution in [0.2, 0.25) is 0 Å². The summed E-state index contributed by atoms with van der Waals surface area (Å²) >= 11 is 0. The fourth-order valence-corrected chi connectivity index (χ4v) is 3.62. The number of hydrogen-bond acceptors (Lipinski definition) is 3. The van der Waals surface area contributed by atoms with Crippen LogP contribution in [0.25, 0.3) is 0 Å². The Morgan fingerprint density at radius 1 is 1.29 bits per heavy atom. The van der Waals surface area contributed by atoms with Crippen LogP contribution in [0.1, 0.15) is 18.9 Å². The average molecular weight is 317 g/mol. The Hall–Kier alpha value is -1.50. The van der Waals surface area contributed by atoms with Crippen molar-refractivity contribution in [2.24, 2.45) is 0 Å². The molecule has 0 unspecified atom stereocenters. The van der Waals surface area contributed by atoms with Crippen LogP contribution >= 0.6 is 0 Å². The zero-order chi connectivity index (χ0) is 15.6. The number of rotatable bonds is 2. The Balaban J connectivity index is 2.11. The van der Waals surface area contributed by atoms with Crippen LogP contribution in [0.3, 0.4) is 0 Å². The summed E-state index contributed by atoms with van der Waals surface area (Å²) in [6, 6.07) is 3.43. The number of carbonyl (C=O) groups is 1. The van der Waals surface area contributed by atoms with Crippen molar-refractivity contribution in [3.05, 3.63) is 35.4 Å². The molecule has 7 heteroatoms. The molecule has 0 N–H and O–H groups in total. The molecule has 2 rings (SSSR count). The number of sulfone groups is 1. The van der Waals surface area contributed by atoms with Gasteiger partial charge in [0.2, 0.25) is 5.91 Å². The van der Waals surface area contributed by atoms with Gasteiger partial charge in [0.05, 0.1) is 17.4 Å². The van der Waals surface area contributed by atoms with Crippen LogP contribution in [-0.2, 0) is 21.1 Å². The van der Waals surface area contributed by atoms with E-state index >= 15 is 0 Å². The standard InChI is InChI=1S/C14H17F2NO3S/c1-10-5-6-17(7-8-21(10,19)20)14(18)9-11-12(15)3-2-4-13(11)16/h2-4,10H,5-9H2,1H3/t10-/m1/s1. The Morgan fingerprint density at radius 2 is 1.90 bits per heavy atom.